The van der Waals surface area contributed by atoms with Crippen LogP contribution >= 0.6 is 0 Å². The summed E-state index contributed by atoms with van der Waals surface area (Å²) in [5.74, 6) is 1.56. The Kier molecular flexibility index (Phi) is 5.67. The van der Waals surface area contributed by atoms with Crippen LogP contribution in [0.1, 0.15) is 39.3 Å². The molecule has 0 radical (unpaired) electrons. The van der Waals surface area contributed by atoms with Crippen molar-refractivity contribution in [2.75, 3.05) is 38.2 Å². The summed E-state index contributed by atoms with van der Waals surface area (Å²) in [4.78, 5) is 27.4. The molecule has 3 aromatic heterocycles. The summed E-state index contributed by atoms with van der Waals surface area (Å²) in [6.45, 7) is 11.7. The minimum atomic E-state index is -0.649. The van der Waals surface area contributed by atoms with Crippen LogP contribution in [0, 0.1) is 6.92 Å². The summed E-state index contributed by atoms with van der Waals surface area (Å²) >= 11 is 0. The Morgan fingerprint density at radius 1 is 1.18 bits per heavy atom. The van der Waals surface area contributed by atoms with E-state index in [1.165, 1.54) is 24.1 Å². The fraction of sp³-hybridized carbons (Fsp3) is 0.520. The molecule has 9 heteroatoms. The maximum Gasteiger partial charge on any atom is 0.435 e. The number of nitrogens with zero attached hydrogens (tertiary/aromatic N) is 6. The molecule has 3 aromatic rings. The number of carbonyl (C=O) groups excluding carboxylic acids is 1. The number of fused-ring (bicyclic) bond motifs is 2. The van der Waals surface area contributed by atoms with Crippen LogP contribution in [0.3, 0.4) is 0 Å². The molecule has 9 nitrogen and oxygen atoms in total. The number of aryl methyl sites for hydroxylation is 1. The summed E-state index contributed by atoms with van der Waals surface area (Å²) < 4.78 is 12.3. The van der Waals surface area contributed by atoms with Crippen LogP contribution in [-0.4, -0.2) is 75.7 Å². The van der Waals surface area contributed by atoms with Gasteiger partial charge in [0.2, 0.25) is 0 Å². The molecule has 5 heterocycles. The van der Waals surface area contributed by atoms with E-state index in [0.29, 0.717) is 28.5 Å². The van der Waals surface area contributed by atoms with Gasteiger partial charge >= 0.3 is 6.09 Å². The first-order valence-electron chi connectivity index (χ1n) is 11.9. The SMILES string of the molecule is COc1cc2c(nc1C)c(-c1ccc(N3CCN4CCCC4C3)nc1)nn2C(=O)OC(C)(C)C. The Hall–Kier alpha value is -3.20. The molecule has 0 N–H and O–H groups in total. The van der Waals surface area contributed by atoms with Gasteiger partial charge in [-0.25, -0.2) is 14.8 Å². The highest BCUT2D eigenvalue weighted by atomic mass is 16.6. The van der Waals surface area contributed by atoms with Gasteiger partial charge in [-0.3, -0.25) is 4.90 Å². The number of anilines is 1. The third kappa shape index (κ3) is 4.20. The lowest BCUT2D eigenvalue weighted by atomic mass is 10.1. The largest absolute Gasteiger partial charge is 0.495 e. The van der Waals surface area contributed by atoms with Gasteiger partial charge < -0.3 is 14.4 Å². The third-order valence-electron chi connectivity index (χ3n) is 6.52. The second-order valence-corrected chi connectivity index (χ2v) is 10.1. The van der Waals surface area contributed by atoms with Crippen molar-refractivity contribution in [2.24, 2.45) is 0 Å². The van der Waals surface area contributed by atoms with Crippen molar-refractivity contribution >= 4 is 22.9 Å². The van der Waals surface area contributed by atoms with Crippen molar-refractivity contribution in [1.82, 2.24) is 24.6 Å². The lowest BCUT2D eigenvalue weighted by Crippen LogP contribution is -2.50. The van der Waals surface area contributed by atoms with Gasteiger partial charge in [-0.2, -0.15) is 9.78 Å². The van der Waals surface area contributed by atoms with E-state index in [1.807, 2.05) is 46.0 Å². The quantitative estimate of drug-likeness (QED) is 0.577. The molecule has 0 aromatic carbocycles. The Morgan fingerprint density at radius 3 is 2.71 bits per heavy atom. The van der Waals surface area contributed by atoms with Crippen LogP contribution in [0.5, 0.6) is 5.75 Å². The third-order valence-corrected chi connectivity index (χ3v) is 6.52. The fourth-order valence-corrected chi connectivity index (χ4v) is 4.87. The van der Waals surface area contributed by atoms with Crippen molar-refractivity contribution in [3.8, 4) is 17.0 Å². The van der Waals surface area contributed by atoms with E-state index in [-0.39, 0.29) is 0 Å². The van der Waals surface area contributed by atoms with Gasteiger partial charge in [0.15, 0.2) is 0 Å². The van der Waals surface area contributed by atoms with E-state index in [0.717, 1.165) is 36.7 Å². The monoisotopic (exact) mass is 464 g/mol. The van der Waals surface area contributed by atoms with Gasteiger partial charge in [0, 0.05) is 43.5 Å². The molecule has 2 fully saturated rings. The highest BCUT2D eigenvalue weighted by Gasteiger charge is 2.31. The predicted octanol–water partition coefficient (Wildman–Crippen LogP) is 3.88. The van der Waals surface area contributed by atoms with Crippen LogP contribution in [0.4, 0.5) is 10.6 Å². The number of ether oxygens (including phenoxy) is 2. The molecule has 2 aliphatic heterocycles. The molecule has 1 unspecified atom stereocenters. The highest BCUT2D eigenvalue weighted by molar-refractivity contribution is 5.95. The standard InChI is InChI=1S/C25H32N6O3/c1-16-20(33-5)13-19-23(27-16)22(28-31(19)24(32)34-25(2,3)4)17-8-9-21(26-14-17)30-12-11-29-10-6-7-18(29)15-30/h8-9,13-14,18H,6-7,10-12,15H2,1-5H3. The minimum absolute atomic E-state index is 0.535. The molecular weight excluding hydrogens is 432 g/mol. The normalized spacial score (nSPS) is 18.9. The van der Waals surface area contributed by atoms with E-state index in [9.17, 15) is 4.79 Å². The summed E-state index contributed by atoms with van der Waals surface area (Å²) in [5, 5.41) is 4.61. The molecule has 0 saturated carbocycles. The summed E-state index contributed by atoms with van der Waals surface area (Å²) in [6, 6.07) is 6.45. The molecule has 180 valence electrons. The molecule has 0 amide bonds. The van der Waals surface area contributed by atoms with Crippen molar-refractivity contribution in [1.29, 1.82) is 0 Å². The molecule has 0 aliphatic carbocycles. The molecule has 0 spiro atoms. The van der Waals surface area contributed by atoms with Crippen molar-refractivity contribution in [2.45, 2.75) is 52.2 Å². The fourth-order valence-electron chi connectivity index (χ4n) is 4.87. The van der Waals surface area contributed by atoms with E-state index in [1.54, 1.807) is 13.2 Å². The van der Waals surface area contributed by atoms with Gasteiger partial charge in [0.05, 0.1) is 12.8 Å². The molecule has 0 bridgehead atoms. The van der Waals surface area contributed by atoms with E-state index in [2.05, 4.69) is 14.9 Å². The zero-order valence-electron chi connectivity index (χ0n) is 20.5. The lowest BCUT2D eigenvalue weighted by molar-refractivity contribution is 0.0523. The second kappa shape index (κ2) is 8.54. The van der Waals surface area contributed by atoms with Gasteiger partial charge in [-0.15, -0.1) is 0 Å². The number of hydrogen-bond donors (Lipinski definition) is 0. The summed E-state index contributed by atoms with van der Waals surface area (Å²) in [5.41, 5.74) is 2.61. The number of aromatic nitrogens is 4. The molecule has 2 aliphatic rings. The first-order chi connectivity index (χ1) is 16.2. The van der Waals surface area contributed by atoms with Crippen LogP contribution in [-0.2, 0) is 4.74 Å². The number of hydrogen-bond acceptors (Lipinski definition) is 8. The Balaban J connectivity index is 1.50. The van der Waals surface area contributed by atoms with Crippen molar-refractivity contribution in [3.63, 3.8) is 0 Å². The van der Waals surface area contributed by atoms with E-state index in [4.69, 9.17) is 19.4 Å². The van der Waals surface area contributed by atoms with Crippen molar-refractivity contribution < 1.29 is 14.3 Å². The first kappa shape index (κ1) is 22.6. The van der Waals surface area contributed by atoms with Crippen LogP contribution in [0.25, 0.3) is 22.3 Å². The zero-order valence-corrected chi connectivity index (χ0v) is 20.5. The van der Waals surface area contributed by atoms with Gasteiger partial charge in [-0.1, -0.05) is 0 Å². The van der Waals surface area contributed by atoms with Crippen molar-refractivity contribution in [3.05, 3.63) is 30.1 Å². The van der Waals surface area contributed by atoms with Crippen LogP contribution in [0.15, 0.2) is 24.4 Å². The summed E-state index contributed by atoms with van der Waals surface area (Å²) in [6.07, 6.45) is 3.81. The van der Waals surface area contributed by atoms with Gasteiger partial charge in [0.25, 0.3) is 0 Å². The van der Waals surface area contributed by atoms with Gasteiger partial charge in [-0.05, 0) is 59.2 Å². The van der Waals surface area contributed by atoms with E-state index < -0.39 is 11.7 Å². The lowest BCUT2D eigenvalue weighted by Gasteiger charge is -2.38. The summed E-state index contributed by atoms with van der Waals surface area (Å²) in [7, 11) is 1.58. The number of piperazine rings is 1. The molecule has 1 atom stereocenters. The maximum atomic E-state index is 12.9. The number of carbonyl (C=O) groups is 1. The predicted molar refractivity (Wildman–Crippen MR) is 130 cm³/mol. The first-order valence-corrected chi connectivity index (χ1v) is 11.9. The maximum absolute atomic E-state index is 12.9. The highest BCUT2D eigenvalue weighted by Crippen LogP contribution is 2.32. The molecule has 34 heavy (non-hydrogen) atoms. The van der Waals surface area contributed by atoms with Crippen LogP contribution in [0.2, 0.25) is 0 Å². The Bertz CT molecular complexity index is 1210. The number of methoxy groups -OCH3 is 1. The Morgan fingerprint density at radius 2 is 2.00 bits per heavy atom. The second-order valence-electron chi connectivity index (χ2n) is 10.1. The smallest absolute Gasteiger partial charge is 0.435 e. The number of rotatable bonds is 3. The zero-order chi connectivity index (χ0) is 24.0. The average molecular weight is 465 g/mol. The molecular formula is C25H32N6O3. The Labute approximate surface area is 199 Å². The molecule has 2 saturated heterocycles. The van der Waals surface area contributed by atoms with Gasteiger partial charge in [0.1, 0.15) is 33.9 Å². The number of pyridine rings is 2. The topological polar surface area (TPSA) is 85.6 Å². The minimum Gasteiger partial charge on any atom is -0.495 e. The molecule has 5 rings (SSSR count). The van der Waals surface area contributed by atoms with E-state index >= 15 is 0 Å². The average Bonchev–Trinajstić information content (AvgIpc) is 3.41. The van der Waals surface area contributed by atoms with Crippen LogP contribution < -0.4 is 9.64 Å².